The highest BCUT2D eigenvalue weighted by atomic mass is 16.7. The third-order valence-electron chi connectivity index (χ3n) is 5.92. The molecule has 2 heterocycles. The summed E-state index contributed by atoms with van der Waals surface area (Å²) in [4.78, 5) is 30.1. The second-order valence-electron chi connectivity index (χ2n) is 8.07. The van der Waals surface area contributed by atoms with Gasteiger partial charge in [0.25, 0.3) is 5.91 Å². The summed E-state index contributed by atoms with van der Waals surface area (Å²) in [5.74, 6) is -1.46. The number of ether oxygens (including phenoxy) is 1. The predicted molar refractivity (Wildman–Crippen MR) is 100 cm³/mol. The van der Waals surface area contributed by atoms with Gasteiger partial charge in [0.1, 0.15) is 17.4 Å². The van der Waals surface area contributed by atoms with Crippen molar-refractivity contribution in [2.24, 2.45) is 0 Å². The lowest BCUT2D eigenvalue weighted by Crippen LogP contribution is -2.56. The fraction of sp³-hybridized carbons (Fsp3) is 0.556. The van der Waals surface area contributed by atoms with Gasteiger partial charge in [-0.2, -0.15) is 0 Å². The van der Waals surface area contributed by atoms with Crippen molar-refractivity contribution in [3.05, 3.63) is 28.8 Å². The summed E-state index contributed by atoms with van der Waals surface area (Å²) in [7, 11) is 0. The Bertz CT molecular complexity index is 826. The Hall–Kier alpha value is -2.18. The third-order valence-corrected chi connectivity index (χ3v) is 5.92. The molecule has 29 heavy (non-hydrogen) atoms. The number of aromatic carboxylic acids is 1. The summed E-state index contributed by atoms with van der Waals surface area (Å²) in [5.41, 5.74) is 3.54. The van der Waals surface area contributed by atoms with Crippen LogP contribution in [0.1, 0.15) is 33.8 Å². The van der Waals surface area contributed by atoms with Gasteiger partial charge in [-0.3, -0.25) is 14.5 Å². The number of carboxylic acid groups (broad SMARTS) is 1. The number of aliphatic hydroxyl groups is 1. The molecular formula is C18H24BN2O8-. The first kappa shape index (κ1) is 20.1. The van der Waals surface area contributed by atoms with E-state index in [1.165, 1.54) is 0 Å². The van der Waals surface area contributed by atoms with E-state index >= 15 is 0 Å². The highest BCUT2D eigenvalue weighted by Gasteiger charge is 2.52. The van der Waals surface area contributed by atoms with Crippen LogP contribution in [0.2, 0.25) is 5.82 Å². The molecule has 1 amide bonds. The average molecular weight is 407 g/mol. The molecule has 4 rings (SSSR count). The van der Waals surface area contributed by atoms with Gasteiger partial charge in [-0.15, -0.1) is 5.82 Å². The van der Waals surface area contributed by atoms with Gasteiger partial charge in [0.05, 0.1) is 19.8 Å². The molecule has 0 radical (unpaired) electrons. The van der Waals surface area contributed by atoms with E-state index in [0.717, 1.165) is 5.56 Å². The number of amides is 1. The van der Waals surface area contributed by atoms with Crippen molar-refractivity contribution < 1.29 is 39.4 Å². The molecule has 1 aliphatic carbocycles. The standard InChI is InChI=1S/C18H24BN2O8/c22-3-4-28-20-16(23)9-21-7-10(8-21)29-15-2-1-11-12-5-14(12)19(26,27)6-13(11)17(15)18(24)25/h1-2,10,12,14,22,26-27H,3-9H2,(H,20,23)(H,24,25)/q-1/t12-,14-/m0/s1. The number of nitrogens with one attached hydrogen (secondary N) is 1. The van der Waals surface area contributed by atoms with Crippen LogP contribution in [0, 0.1) is 0 Å². The van der Waals surface area contributed by atoms with Crippen molar-refractivity contribution in [2.75, 3.05) is 32.8 Å². The van der Waals surface area contributed by atoms with Crippen LogP contribution in [0.25, 0.3) is 0 Å². The number of fused-ring (bicyclic) bond motifs is 3. The van der Waals surface area contributed by atoms with Gasteiger partial charge in [0, 0.05) is 13.1 Å². The van der Waals surface area contributed by atoms with E-state index < -0.39 is 12.5 Å². The molecule has 2 aliphatic heterocycles. The smallest absolute Gasteiger partial charge is 0.339 e. The maximum absolute atomic E-state index is 11.9. The normalized spacial score (nSPS) is 24.8. The first-order valence-electron chi connectivity index (χ1n) is 9.71. The Labute approximate surface area is 167 Å². The van der Waals surface area contributed by atoms with E-state index in [1.807, 2.05) is 11.0 Å². The molecule has 1 aromatic carbocycles. The average Bonchev–Trinajstić information content (AvgIpc) is 3.41. The highest BCUT2D eigenvalue weighted by molar-refractivity contribution is 6.67. The second-order valence-corrected chi connectivity index (χ2v) is 8.07. The molecule has 0 aromatic heterocycles. The first-order chi connectivity index (χ1) is 13.8. The lowest BCUT2D eigenvalue weighted by atomic mass is 9.45. The number of carbonyl (C=O) groups is 2. The van der Waals surface area contributed by atoms with E-state index in [0.29, 0.717) is 25.1 Å². The molecule has 158 valence electrons. The first-order valence-corrected chi connectivity index (χ1v) is 9.71. The topological polar surface area (TPSA) is 149 Å². The van der Waals surface area contributed by atoms with Gasteiger partial charge in [-0.1, -0.05) is 24.4 Å². The van der Waals surface area contributed by atoms with Crippen LogP contribution in [-0.4, -0.2) is 82.5 Å². The van der Waals surface area contributed by atoms with Gasteiger partial charge in [0.2, 0.25) is 6.55 Å². The molecule has 0 spiro atoms. The summed E-state index contributed by atoms with van der Waals surface area (Å²) in [6, 6.07) is 3.47. The molecule has 10 nitrogen and oxygen atoms in total. The molecule has 3 aliphatic rings. The van der Waals surface area contributed by atoms with E-state index in [9.17, 15) is 24.7 Å². The number of aliphatic hydroxyl groups excluding tert-OH is 1. The molecule has 2 fully saturated rings. The van der Waals surface area contributed by atoms with Crippen LogP contribution in [0.3, 0.4) is 0 Å². The van der Waals surface area contributed by atoms with Crippen molar-refractivity contribution >= 4 is 18.4 Å². The van der Waals surface area contributed by atoms with E-state index in [-0.39, 0.29) is 61.1 Å². The summed E-state index contributed by atoms with van der Waals surface area (Å²) in [5, 5.41) is 38.9. The van der Waals surface area contributed by atoms with Crippen LogP contribution in [-0.2, 0) is 16.0 Å². The van der Waals surface area contributed by atoms with Crippen molar-refractivity contribution in [3.63, 3.8) is 0 Å². The number of nitrogens with zero attached hydrogens (tertiary/aromatic N) is 1. The fourth-order valence-corrected chi connectivity index (χ4v) is 4.47. The van der Waals surface area contributed by atoms with Crippen molar-refractivity contribution in [2.45, 2.75) is 30.6 Å². The second kappa shape index (κ2) is 7.58. The highest BCUT2D eigenvalue weighted by Crippen LogP contribution is 2.62. The lowest BCUT2D eigenvalue weighted by molar-refractivity contribution is -0.137. The van der Waals surface area contributed by atoms with E-state index in [1.54, 1.807) is 6.07 Å². The maximum Gasteiger partial charge on any atom is 0.339 e. The Kier molecular flexibility index (Phi) is 5.26. The monoisotopic (exact) mass is 407 g/mol. The van der Waals surface area contributed by atoms with Crippen LogP contribution in [0.5, 0.6) is 5.75 Å². The molecule has 0 bridgehead atoms. The molecule has 1 saturated carbocycles. The van der Waals surface area contributed by atoms with Gasteiger partial charge in [-0.05, 0) is 17.5 Å². The number of carbonyl (C=O) groups excluding carboxylic acids is 1. The van der Waals surface area contributed by atoms with E-state index in [2.05, 4.69) is 5.48 Å². The van der Waals surface area contributed by atoms with Crippen LogP contribution in [0.4, 0.5) is 0 Å². The zero-order chi connectivity index (χ0) is 20.8. The maximum atomic E-state index is 11.9. The minimum absolute atomic E-state index is 0.00389. The lowest BCUT2D eigenvalue weighted by Gasteiger charge is -2.39. The van der Waals surface area contributed by atoms with Crippen molar-refractivity contribution in [1.82, 2.24) is 10.4 Å². The Morgan fingerprint density at radius 1 is 1.28 bits per heavy atom. The van der Waals surface area contributed by atoms with Crippen LogP contribution < -0.4 is 10.2 Å². The number of rotatable bonds is 8. The molecule has 1 aromatic rings. The SMILES string of the molecule is O=C(CN1CC(Oc2ccc3c(c2C(=O)O)C[B-](O)(O)[C@H]2C[C@@H]32)C1)NOCCO. The summed E-state index contributed by atoms with van der Waals surface area (Å²) in [6.45, 7) is -1.77. The molecule has 0 unspecified atom stereocenters. The minimum Gasteiger partial charge on any atom is -0.583 e. The zero-order valence-electron chi connectivity index (χ0n) is 15.8. The number of hydroxylamine groups is 1. The molecular weight excluding hydrogens is 383 g/mol. The fourth-order valence-electron chi connectivity index (χ4n) is 4.47. The predicted octanol–water partition coefficient (Wildman–Crippen LogP) is -1.13. The number of benzene rings is 1. The quantitative estimate of drug-likeness (QED) is 0.205. The third kappa shape index (κ3) is 3.96. The van der Waals surface area contributed by atoms with Crippen molar-refractivity contribution in [1.29, 1.82) is 0 Å². The number of carboxylic acids is 1. The molecule has 5 N–H and O–H groups in total. The molecule has 11 heteroatoms. The van der Waals surface area contributed by atoms with E-state index in [4.69, 9.17) is 14.7 Å². The summed E-state index contributed by atoms with van der Waals surface area (Å²) in [6.07, 6.45) is 0.328. The summed E-state index contributed by atoms with van der Waals surface area (Å²) < 4.78 is 5.86. The Morgan fingerprint density at radius 2 is 2.03 bits per heavy atom. The van der Waals surface area contributed by atoms with Gasteiger partial charge in [-0.25, -0.2) is 10.3 Å². The molecule has 1 saturated heterocycles. The summed E-state index contributed by atoms with van der Waals surface area (Å²) >= 11 is 0. The van der Waals surface area contributed by atoms with Gasteiger partial charge in [0.15, 0.2) is 0 Å². The van der Waals surface area contributed by atoms with Crippen LogP contribution in [0.15, 0.2) is 12.1 Å². The Balaban J connectivity index is 1.39. The van der Waals surface area contributed by atoms with Crippen LogP contribution >= 0.6 is 0 Å². The largest absolute Gasteiger partial charge is 0.583 e. The van der Waals surface area contributed by atoms with Crippen molar-refractivity contribution in [3.8, 4) is 5.75 Å². The Morgan fingerprint density at radius 3 is 2.72 bits per heavy atom. The zero-order valence-corrected chi connectivity index (χ0v) is 15.8. The molecule has 2 atom stereocenters. The minimum atomic E-state index is -2.59. The van der Waals surface area contributed by atoms with Gasteiger partial charge < -0.3 is 25.0 Å². The number of hydrogen-bond donors (Lipinski definition) is 5. The number of hydrogen-bond acceptors (Lipinski definition) is 8. The van der Waals surface area contributed by atoms with Gasteiger partial charge >= 0.3 is 5.97 Å². The number of likely N-dealkylation sites (tertiary alicyclic amines) is 1.